The molecule has 0 saturated heterocycles. The first-order chi connectivity index (χ1) is 11.4. The molecule has 1 aromatic rings. The molecule has 4 nitrogen and oxygen atoms in total. The Morgan fingerprint density at radius 3 is 2.08 bits per heavy atom. The molecule has 2 unspecified atom stereocenters. The SMILES string of the molecule is CC(C)=CC1C(C(=O)NNC(=O)c2ccc(C(C)(C)C)cc2)C1(C)C. The van der Waals surface area contributed by atoms with E-state index in [9.17, 15) is 9.59 Å². The molecule has 2 atom stereocenters. The van der Waals surface area contributed by atoms with Crippen molar-refractivity contribution < 1.29 is 9.59 Å². The molecule has 1 aliphatic rings. The first kappa shape index (κ1) is 19.2. The number of benzene rings is 1. The fraction of sp³-hybridized carbons (Fsp3) is 0.524. The van der Waals surface area contributed by atoms with E-state index in [2.05, 4.69) is 51.5 Å². The summed E-state index contributed by atoms with van der Waals surface area (Å²) in [5.41, 5.74) is 7.98. The van der Waals surface area contributed by atoms with Crippen LogP contribution in [0.25, 0.3) is 0 Å². The van der Waals surface area contributed by atoms with Crippen molar-refractivity contribution in [2.75, 3.05) is 0 Å². The van der Waals surface area contributed by atoms with Gasteiger partial charge in [-0.2, -0.15) is 0 Å². The summed E-state index contributed by atoms with van der Waals surface area (Å²) in [6.07, 6.45) is 2.14. The van der Waals surface area contributed by atoms with Crippen LogP contribution in [0.15, 0.2) is 35.9 Å². The number of carbonyl (C=O) groups is 2. The van der Waals surface area contributed by atoms with Crippen molar-refractivity contribution in [3.63, 3.8) is 0 Å². The highest BCUT2D eigenvalue weighted by Gasteiger charge is 2.60. The van der Waals surface area contributed by atoms with E-state index in [1.165, 1.54) is 5.57 Å². The van der Waals surface area contributed by atoms with Crippen molar-refractivity contribution >= 4 is 11.8 Å². The van der Waals surface area contributed by atoms with Crippen molar-refractivity contribution in [2.24, 2.45) is 17.3 Å². The van der Waals surface area contributed by atoms with E-state index in [0.717, 1.165) is 5.56 Å². The molecule has 2 amide bonds. The summed E-state index contributed by atoms with van der Waals surface area (Å²) in [5, 5.41) is 0. The van der Waals surface area contributed by atoms with Gasteiger partial charge in [0.1, 0.15) is 0 Å². The molecule has 4 heteroatoms. The number of amides is 2. The summed E-state index contributed by atoms with van der Waals surface area (Å²) in [6, 6.07) is 7.47. The molecule has 0 heterocycles. The van der Waals surface area contributed by atoms with Crippen molar-refractivity contribution in [3.8, 4) is 0 Å². The van der Waals surface area contributed by atoms with E-state index in [0.29, 0.717) is 5.56 Å². The van der Waals surface area contributed by atoms with Crippen LogP contribution in [-0.4, -0.2) is 11.8 Å². The Kier molecular flexibility index (Phi) is 5.12. The standard InChI is InChI=1S/C21H30N2O2/c1-13(2)12-16-17(21(16,6)7)19(25)23-22-18(24)14-8-10-15(11-9-14)20(3,4)5/h8-12,16-17H,1-7H3,(H,22,24)(H,23,25). The van der Waals surface area contributed by atoms with Gasteiger partial charge in [0.05, 0.1) is 5.92 Å². The number of hydrogen-bond donors (Lipinski definition) is 2. The summed E-state index contributed by atoms with van der Waals surface area (Å²) in [5.74, 6) is -0.315. The van der Waals surface area contributed by atoms with E-state index < -0.39 is 0 Å². The molecular weight excluding hydrogens is 312 g/mol. The van der Waals surface area contributed by atoms with E-state index in [1.807, 2.05) is 26.0 Å². The van der Waals surface area contributed by atoms with Gasteiger partial charge >= 0.3 is 0 Å². The molecule has 2 rings (SSSR count). The molecule has 136 valence electrons. The van der Waals surface area contributed by atoms with Crippen LogP contribution in [0.5, 0.6) is 0 Å². The Morgan fingerprint density at radius 1 is 1.04 bits per heavy atom. The maximum absolute atomic E-state index is 12.4. The maximum Gasteiger partial charge on any atom is 0.269 e. The number of rotatable bonds is 3. The Bertz CT molecular complexity index is 690. The molecule has 25 heavy (non-hydrogen) atoms. The summed E-state index contributed by atoms with van der Waals surface area (Å²) in [4.78, 5) is 24.6. The van der Waals surface area contributed by atoms with Gasteiger partial charge in [0.2, 0.25) is 5.91 Å². The third-order valence-corrected chi connectivity index (χ3v) is 5.02. The van der Waals surface area contributed by atoms with E-state index in [-0.39, 0.29) is 34.5 Å². The lowest BCUT2D eigenvalue weighted by molar-refractivity contribution is -0.123. The highest BCUT2D eigenvalue weighted by atomic mass is 16.2. The number of allylic oxidation sites excluding steroid dienone is 2. The van der Waals surface area contributed by atoms with Gasteiger partial charge in [-0.05, 0) is 48.3 Å². The monoisotopic (exact) mass is 342 g/mol. The van der Waals surface area contributed by atoms with Gasteiger partial charge < -0.3 is 0 Å². The van der Waals surface area contributed by atoms with Crippen LogP contribution in [-0.2, 0) is 10.2 Å². The van der Waals surface area contributed by atoms with Crippen molar-refractivity contribution in [3.05, 3.63) is 47.0 Å². The van der Waals surface area contributed by atoms with Gasteiger partial charge in [-0.25, -0.2) is 0 Å². The zero-order valence-corrected chi connectivity index (χ0v) is 16.4. The third kappa shape index (κ3) is 4.30. The number of hydrogen-bond acceptors (Lipinski definition) is 2. The quantitative estimate of drug-likeness (QED) is 0.645. The highest BCUT2D eigenvalue weighted by Crippen LogP contribution is 2.59. The normalized spacial score (nSPS) is 21.2. The van der Waals surface area contributed by atoms with Crippen molar-refractivity contribution in [1.29, 1.82) is 0 Å². The van der Waals surface area contributed by atoms with E-state index in [1.54, 1.807) is 12.1 Å². The topological polar surface area (TPSA) is 58.2 Å². The summed E-state index contributed by atoms with van der Waals surface area (Å²) in [6.45, 7) is 14.6. The van der Waals surface area contributed by atoms with Gasteiger partial charge in [-0.15, -0.1) is 0 Å². The average molecular weight is 342 g/mol. The second kappa shape index (κ2) is 6.66. The fourth-order valence-electron chi connectivity index (χ4n) is 3.24. The minimum absolute atomic E-state index is 0.0424. The van der Waals surface area contributed by atoms with Crippen LogP contribution in [0.4, 0.5) is 0 Å². The molecule has 0 spiro atoms. The van der Waals surface area contributed by atoms with Crippen molar-refractivity contribution in [1.82, 2.24) is 10.9 Å². The predicted molar refractivity (Wildman–Crippen MR) is 101 cm³/mol. The van der Waals surface area contributed by atoms with E-state index >= 15 is 0 Å². The molecule has 1 aromatic carbocycles. The molecule has 1 fully saturated rings. The summed E-state index contributed by atoms with van der Waals surface area (Å²) < 4.78 is 0. The Labute approximate surface area is 151 Å². The third-order valence-electron chi connectivity index (χ3n) is 5.02. The number of nitrogens with one attached hydrogen (secondary N) is 2. The van der Waals surface area contributed by atoms with Gasteiger partial charge in [-0.1, -0.05) is 58.4 Å². The largest absolute Gasteiger partial charge is 0.273 e. The first-order valence-electron chi connectivity index (χ1n) is 8.80. The second-order valence-electron chi connectivity index (χ2n) is 8.84. The van der Waals surface area contributed by atoms with Crippen molar-refractivity contribution in [2.45, 2.75) is 53.9 Å². The number of carbonyl (C=O) groups excluding carboxylic acids is 2. The zero-order valence-electron chi connectivity index (χ0n) is 16.4. The minimum atomic E-state index is -0.300. The summed E-state index contributed by atoms with van der Waals surface area (Å²) >= 11 is 0. The molecular formula is C21H30N2O2. The highest BCUT2D eigenvalue weighted by molar-refractivity contribution is 5.96. The van der Waals surface area contributed by atoms with Gasteiger partial charge in [0.15, 0.2) is 0 Å². The first-order valence-corrected chi connectivity index (χ1v) is 8.80. The molecule has 0 aromatic heterocycles. The number of hydrazine groups is 1. The molecule has 0 radical (unpaired) electrons. The lowest BCUT2D eigenvalue weighted by Gasteiger charge is -2.19. The molecule has 0 bridgehead atoms. The molecule has 1 saturated carbocycles. The van der Waals surface area contributed by atoms with Crippen LogP contribution in [0.3, 0.4) is 0 Å². The van der Waals surface area contributed by atoms with Gasteiger partial charge in [-0.3, -0.25) is 20.4 Å². The molecule has 1 aliphatic carbocycles. The zero-order chi connectivity index (χ0) is 19.0. The lowest BCUT2D eigenvalue weighted by Crippen LogP contribution is -2.43. The summed E-state index contributed by atoms with van der Waals surface area (Å²) in [7, 11) is 0. The Balaban J connectivity index is 1.94. The fourth-order valence-corrected chi connectivity index (χ4v) is 3.24. The molecule has 0 aliphatic heterocycles. The minimum Gasteiger partial charge on any atom is -0.273 e. The predicted octanol–water partition coefficient (Wildman–Crippen LogP) is 3.98. The second-order valence-corrected chi connectivity index (χ2v) is 8.84. The van der Waals surface area contributed by atoms with Crippen LogP contribution in [0.1, 0.15) is 64.4 Å². The van der Waals surface area contributed by atoms with Gasteiger partial charge in [0.25, 0.3) is 5.91 Å². The molecule has 2 N–H and O–H groups in total. The van der Waals surface area contributed by atoms with Crippen LogP contribution in [0, 0.1) is 17.3 Å². The van der Waals surface area contributed by atoms with Crippen LogP contribution in [0.2, 0.25) is 0 Å². The van der Waals surface area contributed by atoms with Gasteiger partial charge in [0, 0.05) is 5.56 Å². The van der Waals surface area contributed by atoms with Crippen LogP contribution >= 0.6 is 0 Å². The Morgan fingerprint density at radius 2 is 1.60 bits per heavy atom. The van der Waals surface area contributed by atoms with E-state index in [4.69, 9.17) is 0 Å². The smallest absolute Gasteiger partial charge is 0.269 e. The maximum atomic E-state index is 12.4. The average Bonchev–Trinajstić information content (AvgIpc) is 3.03. The Hall–Kier alpha value is -2.10. The lowest BCUT2D eigenvalue weighted by atomic mass is 9.87. The van der Waals surface area contributed by atoms with Crippen LogP contribution < -0.4 is 10.9 Å².